The predicted octanol–water partition coefficient (Wildman–Crippen LogP) is 0.739. The number of likely N-dealkylation sites (N-methyl/N-ethyl adjacent to an activating group) is 1. The van der Waals surface area contributed by atoms with Gasteiger partial charge >= 0.3 is 0 Å². The Balaban J connectivity index is 2.50. The number of likely N-dealkylation sites (tertiary alicyclic amines) is 1. The summed E-state index contributed by atoms with van der Waals surface area (Å²) in [6.45, 7) is 9.63. The minimum Gasteiger partial charge on any atom is -0.356 e. The highest BCUT2D eigenvalue weighted by Gasteiger charge is 2.31. The summed E-state index contributed by atoms with van der Waals surface area (Å²) in [5.41, 5.74) is 5.93. The Kier molecular flexibility index (Phi) is 7.87. The van der Waals surface area contributed by atoms with Gasteiger partial charge in [0.1, 0.15) is 0 Å². The summed E-state index contributed by atoms with van der Waals surface area (Å²) in [4.78, 5) is 5.03. The molecule has 114 valence electrons. The van der Waals surface area contributed by atoms with Crippen molar-refractivity contribution in [2.75, 3.05) is 46.9 Å². The molecule has 2 unspecified atom stereocenters. The lowest BCUT2D eigenvalue weighted by molar-refractivity contribution is -0.115. The van der Waals surface area contributed by atoms with E-state index >= 15 is 0 Å². The quantitative estimate of drug-likeness (QED) is 0.628. The van der Waals surface area contributed by atoms with Crippen LogP contribution in [0.15, 0.2) is 0 Å². The van der Waals surface area contributed by atoms with E-state index in [2.05, 4.69) is 23.6 Å². The molecule has 0 radical (unpaired) electrons. The van der Waals surface area contributed by atoms with Crippen LogP contribution < -0.4 is 5.73 Å². The van der Waals surface area contributed by atoms with Crippen LogP contribution in [0.25, 0.3) is 0 Å². The Morgan fingerprint density at radius 3 is 2.37 bits per heavy atom. The number of ether oxygens (including phenoxy) is 2. The van der Waals surface area contributed by atoms with Crippen LogP contribution in [0.4, 0.5) is 0 Å². The molecule has 0 aromatic rings. The Morgan fingerprint density at radius 1 is 1.26 bits per heavy atom. The van der Waals surface area contributed by atoms with Gasteiger partial charge in [0.2, 0.25) is 0 Å². The number of methoxy groups -OCH3 is 2. The van der Waals surface area contributed by atoms with Gasteiger partial charge in [0, 0.05) is 52.4 Å². The molecule has 0 aromatic carbocycles. The maximum Gasteiger partial charge on any atom is 0.158 e. The van der Waals surface area contributed by atoms with Crippen LogP contribution >= 0.6 is 0 Å². The molecule has 1 aliphatic heterocycles. The fourth-order valence-electron chi connectivity index (χ4n) is 3.04. The zero-order valence-corrected chi connectivity index (χ0v) is 13.0. The highest BCUT2D eigenvalue weighted by atomic mass is 16.7. The van der Waals surface area contributed by atoms with Crippen LogP contribution in [0, 0.1) is 0 Å². The second kappa shape index (κ2) is 8.87. The Morgan fingerprint density at radius 2 is 1.89 bits per heavy atom. The van der Waals surface area contributed by atoms with Crippen molar-refractivity contribution in [2.24, 2.45) is 5.73 Å². The average Bonchev–Trinajstić information content (AvgIpc) is 2.91. The Hall–Kier alpha value is -0.200. The summed E-state index contributed by atoms with van der Waals surface area (Å²) < 4.78 is 10.6. The van der Waals surface area contributed by atoms with Crippen molar-refractivity contribution in [1.29, 1.82) is 0 Å². The lowest BCUT2D eigenvalue weighted by Gasteiger charge is -2.31. The van der Waals surface area contributed by atoms with Crippen LogP contribution in [-0.4, -0.2) is 75.1 Å². The standard InChI is InChI=1S/C14H31N3O2/c1-5-16(6-2)12-7-8-17(11-12)13(10-15)9-14(18-3)19-4/h12-14H,5-11,15H2,1-4H3. The van der Waals surface area contributed by atoms with Crippen LogP contribution in [0.1, 0.15) is 26.7 Å². The Bertz CT molecular complexity index is 233. The fourth-order valence-corrected chi connectivity index (χ4v) is 3.04. The van der Waals surface area contributed by atoms with Crippen molar-refractivity contribution in [2.45, 2.75) is 45.1 Å². The topological polar surface area (TPSA) is 51.0 Å². The van der Waals surface area contributed by atoms with Crippen LogP contribution in [-0.2, 0) is 9.47 Å². The van der Waals surface area contributed by atoms with Gasteiger partial charge in [0.25, 0.3) is 0 Å². The maximum atomic E-state index is 5.93. The van der Waals surface area contributed by atoms with Gasteiger partial charge in [0.05, 0.1) is 0 Å². The first-order chi connectivity index (χ1) is 9.19. The molecule has 0 spiro atoms. The molecule has 0 amide bonds. The van der Waals surface area contributed by atoms with Gasteiger partial charge in [0.15, 0.2) is 6.29 Å². The van der Waals surface area contributed by atoms with Crippen LogP contribution in [0.3, 0.4) is 0 Å². The van der Waals surface area contributed by atoms with E-state index in [1.54, 1.807) is 14.2 Å². The molecule has 0 aliphatic carbocycles. The number of rotatable bonds is 9. The van der Waals surface area contributed by atoms with Gasteiger partial charge < -0.3 is 15.2 Å². The molecule has 0 bridgehead atoms. The second-order valence-corrected chi connectivity index (χ2v) is 5.18. The molecule has 5 nitrogen and oxygen atoms in total. The lowest BCUT2D eigenvalue weighted by atomic mass is 10.1. The normalized spacial score (nSPS) is 22.6. The zero-order valence-electron chi connectivity index (χ0n) is 13.0. The molecule has 2 atom stereocenters. The first-order valence-corrected chi connectivity index (χ1v) is 7.43. The maximum absolute atomic E-state index is 5.93. The highest BCUT2D eigenvalue weighted by Crippen LogP contribution is 2.20. The van der Waals surface area contributed by atoms with Crippen molar-refractivity contribution in [3.63, 3.8) is 0 Å². The third kappa shape index (κ3) is 4.68. The summed E-state index contributed by atoms with van der Waals surface area (Å²) in [7, 11) is 3.37. The molecule has 19 heavy (non-hydrogen) atoms. The molecule has 1 rings (SSSR count). The third-order valence-electron chi connectivity index (χ3n) is 4.30. The van der Waals surface area contributed by atoms with Crippen molar-refractivity contribution in [3.05, 3.63) is 0 Å². The van der Waals surface area contributed by atoms with E-state index in [0.717, 1.165) is 32.6 Å². The van der Waals surface area contributed by atoms with E-state index in [1.807, 2.05) is 0 Å². The van der Waals surface area contributed by atoms with Crippen molar-refractivity contribution >= 4 is 0 Å². The summed E-state index contributed by atoms with van der Waals surface area (Å²) in [6, 6.07) is 1.03. The molecule has 0 aromatic heterocycles. The summed E-state index contributed by atoms with van der Waals surface area (Å²) >= 11 is 0. The molecule has 0 saturated carbocycles. The van der Waals surface area contributed by atoms with Gasteiger partial charge in [-0.1, -0.05) is 13.8 Å². The molecule has 1 fully saturated rings. The minimum atomic E-state index is -0.152. The van der Waals surface area contributed by atoms with Crippen molar-refractivity contribution in [1.82, 2.24) is 9.80 Å². The number of nitrogens with zero attached hydrogens (tertiary/aromatic N) is 2. The number of nitrogens with two attached hydrogens (primary N) is 1. The smallest absolute Gasteiger partial charge is 0.158 e. The summed E-state index contributed by atoms with van der Waals surface area (Å²) in [5.74, 6) is 0. The van der Waals surface area contributed by atoms with Crippen molar-refractivity contribution in [3.8, 4) is 0 Å². The molecule has 1 heterocycles. The Labute approximate surface area is 118 Å². The van der Waals surface area contributed by atoms with Gasteiger partial charge in [-0.05, 0) is 19.5 Å². The SMILES string of the molecule is CCN(CC)C1CCN(C(CN)CC(OC)OC)C1. The fraction of sp³-hybridized carbons (Fsp3) is 1.00. The molecule has 1 aliphatic rings. The zero-order chi connectivity index (χ0) is 14.3. The van der Waals surface area contributed by atoms with Gasteiger partial charge in [-0.3, -0.25) is 9.80 Å². The minimum absolute atomic E-state index is 0.152. The lowest BCUT2D eigenvalue weighted by Crippen LogP contribution is -2.44. The van der Waals surface area contributed by atoms with Crippen LogP contribution in [0.5, 0.6) is 0 Å². The van der Waals surface area contributed by atoms with Crippen molar-refractivity contribution < 1.29 is 9.47 Å². The highest BCUT2D eigenvalue weighted by molar-refractivity contribution is 4.87. The second-order valence-electron chi connectivity index (χ2n) is 5.18. The van der Waals surface area contributed by atoms with Gasteiger partial charge in [-0.25, -0.2) is 0 Å². The number of hydrogen-bond donors (Lipinski definition) is 1. The van der Waals surface area contributed by atoms with E-state index in [9.17, 15) is 0 Å². The first-order valence-electron chi connectivity index (χ1n) is 7.43. The summed E-state index contributed by atoms with van der Waals surface area (Å²) in [5, 5.41) is 0. The van der Waals surface area contributed by atoms with Crippen LogP contribution in [0.2, 0.25) is 0 Å². The van der Waals surface area contributed by atoms with E-state index < -0.39 is 0 Å². The molecule has 5 heteroatoms. The molecule has 1 saturated heterocycles. The third-order valence-corrected chi connectivity index (χ3v) is 4.30. The predicted molar refractivity (Wildman–Crippen MR) is 78.2 cm³/mol. The van der Waals surface area contributed by atoms with E-state index in [4.69, 9.17) is 15.2 Å². The van der Waals surface area contributed by atoms with E-state index in [0.29, 0.717) is 18.6 Å². The molecular weight excluding hydrogens is 242 g/mol. The first kappa shape index (κ1) is 16.9. The van der Waals surface area contributed by atoms with E-state index in [-0.39, 0.29) is 6.29 Å². The summed E-state index contributed by atoms with van der Waals surface area (Å²) in [6.07, 6.45) is 1.93. The average molecular weight is 273 g/mol. The monoisotopic (exact) mass is 273 g/mol. The molecular formula is C14H31N3O2. The largest absolute Gasteiger partial charge is 0.356 e. The van der Waals surface area contributed by atoms with Gasteiger partial charge in [-0.2, -0.15) is 0 Å². The molecule has 2 N–H and O–H groups in total. The number of hydrogen-bond acceptors (Lipinski definition) is 5. The van der Waals surface area contributed by atoms with E-state index in [1.165, 1.54) is 6.42 Å². The van der Waals surface area contributed by atoms with Gasteiger partial charge in [-0.15, -0.1) is 0 Å².